The van der Waals surface area contributed by atoms with Crippen molar-refractivity contribution in [2.75, 3.05) is 6.61 Å². The van der Waals surface area contributed by atoms with E-state index in [1.807, 2.05) is 30.3 Å². The number of β-lactam (4-membered cyclic amide) rings is 1. The Morgan fingerprint density at radius 1 is 0.778 bits per heavy atom. The van der Waals surface area contributed by atoms with Crippen LogP contribution in [0.5, 0.6) is 0 Å². The van der Waals surface area contributed by atoms with Crippen molar-refractivity contribution in [3.05, 3.63) is 71.3 Å². The van der Waals surface area contributed by atoms with Crippen molar-refractivity contribution >= 4 is 23.7 Å². The van der Waals surface area contributed by atoms with Crippen molar-refractivity contribution in [1.82, 2.24) is 9.80 Å². The summed E-state index contributed by atoms with van der Waals surface area (Å²) in [6.45, 7) is 0.0555. The van der Waals surface area contributed by atoms with E-state index in [4.69, 9.17) is 4.74 Å². The molecule has 0 saturated carbocycles. The summed E-state index contributed by atoms with van der Waals surface area (Å²) in [7, 11) is 0. The number of carbonyl (C=O) groups excluding carboxylic acids is 4. The molecule has 0 unspecified atom stereocenters. The molecule has 3 heterocycles. The maximum atomic E-state index is 12.9. The van der Waals surface area contributed by atoms with Gasteiger partial charge in [-0.05, 0) is 17.7 Å². The molecule has 3 aliphatic rings. The normalized spacial score (nSPS) is 26.4. The van der Waals surface area contributed by atoms with Crippen LogP contribution in [0.4, 0.5) is 0 Å². The predicted molar refractivity (Wildman–Crippen MR) is 91.5 cm³/mol. The molecule has 7 heteroatoms. The van der Waals surface area contributed by atoms with Gasteiger partial charge in [-0.15, -0.1) is 0 Å². The van der Waals surface area contributed by atoms with Gasteiger partial charge in [-0.1, -0.05) is 42.5 Å². The summed E-state index contributed by atoms with van der Waals surface area (Å²) < 4.78 is 5.28. The highest BCUT2D eigenvalue weighted by Gasteiger charge is 2.63. The van der Waals surface area contributed by atoms with E-state index < -0.39 is 41.8 Å². The molecule has 0 aromatic heterocycles. The summed E-state index contributed by atoms with van der Waals surface area (Å²) in [5.74, 6) is -2.12. The van der Waals surface area contributed by atoms with E-state index in [0.717, 1.165) is 10.5 Å². The Labute approximate surface area is 154 Å². The number of hydrogen-bond acceptors (Lipinski definition) is 5. The van der Waals surface area contributed by atoms with E-state index in [1.54, 1.807) is 24.3 Å². The first-order valence-corrected chi connectivity index (χ1v) is 8.60. The fourth-order valence-electron chi connectivity index (χ4n) is 4.06. The van der Waals surface area contributed by atoms with Gasteiger partial charge in [0.15, 0.2) is 12.1 Å². The molecule has 2 aromatic carbocycles. The number of carbonyl (C=O) groups is 4. The Bertz CT molecular complexity index is 967. The van der Waals surface area contributed by atoms with E-state index in [0.29, 0.717) is 0 Å². The van der Waals surface area contributed by atoms with Crippen LogP contribution in [0.2, 0.25) is 0 Å². The third-order valence-corrected chi connectivity index (χ3v) is 5.35. The monoisotopic (exact) mass is 362 g/mol. The molecule has 5 rings (SSSR count). The molecule has 2 fully saturated rings. The minimum Gasteiger partial charge on any atom is -0.462 e. The highest BCUT2D eigenvalue weighted by atomic mass is 16.5. The Morgan fingerprint density at radius 2 is 1.37 bits per heavy atom. The SMILES string of the molecule is O=C1OC[C@H](c2ccccc2)N2C(=O)[C@@H](N3C(=O)c4ccccc4C3=O)[C@@H]12. The molecule has 134 valence electrons. The topological polar surface area (TPSA) is 84.0 Å². The van der Waals surface area contributed by atoms with Crippen molar-refractivity contribution < 1.29 is 23.9 Å². The molecule has 3 aliphatic heterocycles. The van der Waals surface area contributed by atoms with Crippen molar-refractivity contribution in [2.45, 2.75) is 18.1 Å². The zero-order chi connectivity index (χ0) is 18.7. The van der Waals surface area contributed by atoms with Gasteiger partial charge in [0.2, 0.25) is 5.91 Å². The number of cyclic esters (lactones) is 1. The van der Waals surface area contributed by atoms with E-state index in [1.165, 1.54) is 4.90 Å². The zero-order valence-corrected chi connectivity index (χ0v) is 14.1. The Morgan fingerprint density at radius 3 is 2.00 bits per heavy atom. The molecule has 0 N–H and O–H groups in total. The van der Waals surface area contributed by atoms with Gasteiger partial charge in [-0.25, -0.2) is 4.79 Å². The van der Waals surface area contributed by atoms with Gasteiger partial charge < -0.3 is 9.64 Å². The van der Waals surface area contributed by atoms with Crippen molar-refractivity contribution in [1.29, 1.82) is 0 Å². The lowest BCUT2D eigenvalue weighted by Gasteiger charge is -2.53. The lowest BCUT2D eigenvalue weighted by Crippen LogP contribution is -2.76. The third kappa shape index (κ3) is 2.02. The maximum Gasteiger partial charge on any atom is 0.331 e. The number of nitrogens with zero attached hydrogens (tertiary/aromatic N) is 2. The molecule has 0 bridgehead atoms. The molecule has 0 spiro atoms. The Kier molecular flexibility index (Phi) is 3.21. The number of ether oxygens (including phenoxy) is 1. The van der Waals surface area contributed by atoms with Gasteiger partial charge in [0.25, 0.3) is 11.8 Å². The van der Waals surface area contributed by atoms with Crippen LogP contribution in [0.3, 0.4) is 0 Å². The maximum absolute atomic E-state index is 12.9. The fraction of sp³-hybridized carbons (Fsp3) is 0.200. The lowest BCUT2D eigenvalue weighted by molar-refractivity contribution is -0.191. The molecule has 7 nitrogen and oxygen atoms in total. The summed E-state index contributed by atoms with van der Waals surface area (Å²) in [5.41, 5.74) is 1.33. The van der Waals surface area contributed by atoms with Gasteiger partial charge >= 0.3 is 5.97 Å². The number of esters is 1. The second-order valence-electron chi connectivity index (χ2n) is 6.72. The number of benzene rings is 2. The average molecular weight is 362 g/mol. The van der Waals surface area contributed by atoms with E-state index in [9.17, 15) is 19.2 Å². The largest absolute Gasteiger partial charge is 0.462 e. The summed E-state index contributed by atoms with van der Waals surface area (Å²) in [6.07, 6.45) is 0. The molecule has 27 heavy (non-hydrogen) atoms. The van der Waals surface area contributed by atoms with Crippen LogP contribution in [0, 0.1) is 0 Å². The smallest absolute Gasteiger partial charge is 0.331 e. The minimum absolute atomic E-state index is 0.0555. The highest BCUT2D eigenvalue weighted by Crippen LogP contribution is 2.41. The Balaban J connectivity index is 1.50. The third-order valence-electron chi connectivity index (χ3n) is 5.35. The molecular weight excluding hydrogens is 348 g/mol. The number of rotatable bonds is 2. The van der Waals surface area contributed by atoms with Crippen LogP contribution < -0.4 is 0 Å². The number of hydrogen-bond donors (Lipinski definition) is 0. The molecule has 2 aromatic rings. The van der Waals surface area contributed by atoms with E-state index >= 15 is 0 Å². The van der Waals surface area contributed by atoms with Crippen LogP contribution in [0.25, 0.3) is 0 Å². The van der Waals surface area contributed by atoms with Crippen LogP contribution in [-0.4, -0.2) is 52.2 Å². The van der Waals surface area contributed by atoms with Crippen LogP contribution in [0.1, 0.15) is 32.3 Å². The number of imide groups is 1. The summed E-state index contributed by atoms with van der Waals surface area (Å²) in [5, 5.41) is 0. The second kappa shape index (κ2) is 5.51. The van der Waals surface area contributed by atoms with Crippen molar-refractivity contribution in [3.8, 4) is 0 Å². The molecule has 0 aliphatic carbocycles. The van der Waals surface area contributed by atoms with Gasteiger partial charge in [-0.2, -0.15) is 0 Å². The standard InChI is InChI=1S/C20H14N2O5/c23-17-12-8-4-5-9-13(12)18(24)22(17)15-16-20(26)27-10-14(21(16)19(15)25)11-6-2-1-3-7-11/h1-9,14-16H,10H2/t14-,15+,16+/m1/s1. The first kappa shape index (κ1) is 15.7. The first-order valence-electron chi connectivity index (χ1n) is 8.60. The van der Waals surface area contributed by atoms with Gasteiger partial charge in [0.05, 0.1) is 17.2 Å². The van der Waals surface area contributed by atoms with Crippen molar-refractivity contribution in [3.63, 3.8) is 0 Å². The molecule has 3 amide bonds. The first-order chi connectivity index (χ1) is 13.1. The molecule has 3 atom stereocenters. The molecule has 0 radical (unpaired) electrons. The zero-order valence-electron chi connectivity index (χ0n) is 14.1. The fourth-order valence-corrected chi connectivity index (χ4v) is 4.06. The molecular formula is C20H14N2O5. The van der Waals surface area contributed by atoms with Crippen LogP contribution in [-0.2, 0) is 14.3 Å². The Hall–Kier alpha value is -3.48. The van der Waals surface area contributed by atoms with Crippen molar-refractivity contribution in [2.24, 2.45) is 0 Å². The summed E-state index contributed by atoms with van der Waals surface area (Å²) in [4.78, 5) is 53.0. The van der Waals surface area contributed by atoms with E-state index in [2.05, 4.69) is 0 Å². The number of amides is 3. The lowest BCUT2D eigenvalue weighted by atomic mass is 9.87. The van der Waals surface area contributed by atoms with Crippen LogP contribution >= 0.6 is 0 Å². The quantitative estimate of drug-likeness (QED) is 0.455. The van der Waals surface area contributed by atoms with E-state index in [-0.39, 0.29) is 17.7 Å². The molecule has 2 saturated heterocycles. The van der Waals surface area contributed by atoms with Gasteiger partial charge in [0, 0.05) is 0 Å². The average Bonchev–Trinajstić information content (AvgIpc) is 2.94. The summed E-state index contributed by atoms with van der Waals surface area (Å²) >= 11 is 0. The number of fused-ring (bicyclic) bond motifs is 2. The second-order valence-corrected chi connectivity index (χ2v) is 6.72. The summed E-state index contributed by atoms with van der Waals surface area (Å²) in [6, 6.07) is 13.1. The minimum atomic E-state index is -1.16. The number of morpholine rings is 1. The van der Waals surface area contributed by atoms with Gasteiger partial charge in [0.1, 0.15) is 6.61 Å². The highest BCUT2D eigenvalue weighted by molar-refractivity contribution is 6.24. The van der Waals surface area contributed by atoms with Crippen LogP contribution in [0.15, 0.2) is 54.6 Å². The predicted octanol–water partition coefficient (Wildman–Crippen LogP) is 1.16. The van der Waals surface area contributed by atoms with Gasteiger partial charge in [-0.3, -0.25) is 19.3 Å².